The van der Waals surface area contributed by atoms with Crippen LogP contribution in [0.5, 0.6) is 0 Å². The number of benzene rings is 1. The highest BCUT2D eigenvalue weighted by Crippen LogP contribution is 2.33. The first-order valence-corrected chi connectivity index (χ1v) is 8.99. The third-order valence-corrected chi connectivity index (χ3v) is 5.36. The van der Waals surface area contributed by atoms with Gasteiger partial charge in [0.1, 0.15) is 12.4 Å². The van der Waals surface area contributed by atoms with Crippen LogP contribution in [0.4, 0.5) is 13.2 Å². The van der Waals surface area contributed by atoms with E-state index in [9.17, 15) is 13.2 Å². The number of fused-ring (bicyclic) bond motifs is 3. The quantitative estimate of drug-likeness (QED) is 0.905. The van der Waals surface area contributed by atoms with Gasteiger partial charge in [-0.1, -0.05) is 0 Å². The number of alkyl halides is 3. The van der Waals surface area contributed by atoms with Crippen LogP contribution in [0.15, 0.2) is 18.2 Å². The number of hydrogen-bond acceptors (Lipinski definition) is 4. The molecule has 0 bridgehead atoms. The third-order valence-electron chi connectivity index (χ3n) is 5.36. The zero-order valence-electron chi connectivity index (χ0n) is 14.7. The van der Waals surface area contributed by atoms with Crippen LogP contribution >= 0.6 is 0 Å². The molecule has 1 saturated heterocycles. The molecule has 3 heterocycles. The second-order valence-corrected chi connectivity index (χ2v) is 7.25. The molecule has 2 aliphatic heterocycles. The number of imidazole rings is 1. The minimum Gasteiger partial charge on any atom is -0.371 e. The molecule has 0 aliphatic carbocycles. The minimum atomic E-state index is -4.36. The van der Waals surface area contributed by atoms with Crippen molar-refractivity contribution >= 4 is 11.0 Å². The number of halogens is 3. The standard InChI is InChI=1S/C18H23F3N4O/c1-24-6-4-13(5-7-24)22-9-14-10-26-11-17-23-15-8-12(18(19,20)21)2-3-16(15)25(14)17/h2-3,8,13-14,22H,4-7,9-11H2,1H3/t14-/m0/s1. The van der Waals surface area contributed by atoms with E-state index in [2.05, 4.69) is 22.2 Å². The molecule has 8 heteroatoms. The second-order valence-electron chi connectivity index (χ2n) is 7.25. The zero-order chi connectivity index (χ0) is 18.3. The van der Waals surface area contributed by atoms with E-state index in [1.165, 1.54) is 6.07 Å². The van der Waals surface area contributed by atoms with Crippen LogP contribution < -0.4 is 5.32 Å². The van der Waals surface area contributed by atoms with Gasteiger partial charge in [-0.2, -0.15) is 13.2 Å². The molecule has 2 aromatic rings. The van der Waals surface area contributed by atoms with Crippen LogP contribution in [0.3, 0.4) is 0 Å². The van der Waals surface area contributed by atoms with Crippen molar-refractivity contribution < 1.29 is 17.9 Å². The lowest BCUT2D eigenvalue weighted by Crippen LogP contribution is -2.44. The maximum absolute atomic E-state index is 13.0. The van der Waals surface area contributed by atoms with Gasteiger partial charge in [-0.25, -0.2) is 4.98 Å². The lowest BCUT2D eigenvalue weighted by molar-refractivity contribution is -0.137. The molecule has 1 atom stereocenters. The minimum absolute atomic E-state index is 0.0418. The molecular weight excluding hydrogens is 345 g/mol. The summed E-state index contributed by atoms with van der Waals surface area (Å²) in [4.78, 5) is 6.71. The van der Waals surface area contributed by atoms with Gasteiger partial charge in [0.05, 0.1) is 29.2 Å². The zero-order valence-corrected chi connectivity index (χ0v) is 14.7. The average molecular weight is 368 g/mol. The van der Waals surface area contributed by atoms with Crippen LogP contribution in [0.25, 0.3) is 11.0 Å². The third kappa shape index (κ3) is 3.45. The molecule has 1 fully saturated rings. The molecule has 0 radical (unpaired) electrons. The Bertz CT molecular complexity index is 781. The molecule has 0 amide bonds. The highest BCUT2D eigenvalue weighted by atomic mass is 19.4. The number of aromatic nitrogens is 2. The van der Waals surface area contributed by atoms with Crippen LogP contribution in [-0.4, -0.2) is 53.8 Å². The number of likely N-dealkylation sites (tertiary alicyclic amines) is 1. The number of piperidine rings is 1. The summed E-state index contributed by atoms with van der Waals surface area (Å²) in [6.07, 6.45) is -2.14. The van der Waals surface area contributed by atoms with E-state index in [0.717, 1.165) is 50.1 Å². The summed E-state index contributed by atoms with van der Waals surface area (Å²) in [7, 11) is 2.13. The molecular formula is C18H23F3N4O. The first-order chi connectivity index (χ1) is 12.4. The van der Waals surface area contributed by atoms with E-state index in [-0.39, 0.29) is 6.04 Å². The van der Waals surface area contributed by atoms with E-state index in [1.807, 2.05) is 4.57 Å². The Morgan fingerprint density at radius 2 is 2.04 bits per heavy atom. The Balaban J connectivity index is 1.55. The SMILES string of the molecule is CN1CCC(NC[C@H]2COCc3nc4cc(C(F)(F)F)ccc4n32)CC1. The van der Waals surface area contributed by atoms with Crippen molar-refractivity contribution in [2.75, 3.05) is 33.3 Å². The van der Waals surface area contributed by atoms with Crippen molar-refractivity contribution in [1.82, 2.24) is 19.8 Å². The van der Waals surface area contributed by atoms with Crippen molar-refractivity contribution in [3.05, 3.63) is 29.6 Å². The molecule has 5 nitrogen and oxygen atoms in total. The van der Waals surface area contributed by atoms with E-state index in [0.29, 0.717) is 30.6 Å². The fraction of sp³-hybridized carbons (Fsp3) is 0.611. The van der Waals surface area contributed by atoms with Gasteiger partial charge in [0.25, 0.3) is 0 Å². The molecule has 1 N–H and O–H groups in total. The summed E-state index contributed by atoms with van der Waals surface area (Å²) in [5.74, 6) is 0.695. The van der Waals surface area contributed by atoms with Crippen LogP contribution in [0.1, 0.15) is 30.3 Å². The van der Waals surface area contributed by atoms with Gasteiger partial charge in [-0.3, -0.25) is 0 Å². The van der Waals surface area contributed by atoms with E-state index >= 15 is 0 Å². The molecule has 26 heavy (non-hydrogen) atoms. The van der Waals surface area contributed by atoms with Crippen LogP contribution in [0.2, 0.25) is 0 Å². The summed E-state index contributed by atoms with van der Waals surface area (Å²) in [5.41, 5.74) is 0.457. The van der Waals surface area contributed by atoms with Gasteiger partial charge in [0.15, 0.2) is 0 Å². The molecule has 0 unspecified atom stereocenters. The first-order valence-electron chi connectivity index (χ1n) is 8.99. The summed E-state index contributed by atoms with van der Waals surface area (Å²) in [6.45, 7) is 3.77. The molecule has 1 aromatic carbocycles. The van der Waals surface area contributed by atoms with Crippen molar-refractivity contribution in [3.8, 4) is 0 Å². The van der Waals surface area contributed by atoms with E-state index in [1.54, 1.807) is 0 Å². The Labute approximate surface area is 150 Å². The summed E-state index contributed by atoms with van der Waals surface area (Å²) in [5, 5.41) is 3.61. The van der Waals surface area contributed by atoms with Crippen molar-refractivity contribution in [2.45, 2.75) is 37.7 Å². The molecule has 2 aliphatic rings. The maximum atomic E-state index is 13.0. The summed E-state index contributed by atoms with van der Waals surface area (Å²) in [6, 6.07) is 4.31. The normalized spacial score (nSPS) is 22.7. The Morgan fingerprint density at radius 1 is 1.27 bits per heavy atom. The fourth-order valence-electron chi connectivity index (χ4n) is 3.86. The van der Waals surface area contributed by atoms with Crippen molar-refractivity contribution in [2.24, 2.45) is 0 Å². The molecule has 1 aromatic heterocycles. The van der Waals surface area contributed by atoms with Gasteiger partial charge in [-0.05, 0) is 51.2 Å². The molecule has 0 saturated carbocycles. The molecule has 142 valence electrons. The number of hydrogen-bond donors (Lipinski definition) is 1. The van der Waals surface area contributed by atoms with Crippen molar-refractivity contribution in [1.29, 1.82) is 0 Å². The van der Waals surface area contributed by atoms with Gasteiger partial charge < -0.3 is 19.5 Å². The predicted octanol–water partition coefficient (Wildman–Crippen LogP) is 2.81. The Hall–Kier alpha value is -1.64. The maximum Gasteiger partial charge on any atom is 0.416 e. The summed E-state index contributed by atoms with van der Waals surface area (Å²) < 4.78 is 46.6. The largest absolute Gasteiger partial charge is 0.416 e. The topological polar surface area (TPSA) is 42.3 Å². The smallest absolute Gasteiger partial charge is 0.371 e. The van der Waals surface area contributed by atoms with E-state index < -0.39 is 11.7 Å². The monoisotopic (exact) mass is 368 g/mol. The van der Waals surface area contributed by atoms with Gasteiger partial charge in [0, 0.05) is 12.6 Å². The van der Waals surface area contributed by atoms with Gasteiger partial charge >= 0.3 is 6.18 Å². The van der Waals surface area contributed by atoms with E-state index in [4.69, 9.17) is 4.74 Å². The fourth-order valence-corrected chi connectivity index (χ4v) is 3.86. The lowest BCUT2D eigenvalue weighted by Gasteiger charge is -2.32. The Kier molecular flexibility index (Phi) is 4.66. The average Bonchev–Trinajstić information content (AvgIpc) is 2.99. The lowest BCUT2D eigenvalue weighted by atomic mass is 10.1. The number of rotatable bonds is 3. The predicted molar refractivity (Wildman–Crippen MR) is 91.9 cm³/mol. The van der Waals surface area contributed by atoms with Gasteiger partial charge in [0.2, 0.25) is 0 Å². The number of nitrogens with zero attached hydrogens (tertiary/aromatic N) is 3. The first kappa shape index (κ1) is 17.8. The van der Waals surface area contributed by atoms with Crippen LogP contribution in [0, 0.1) is 0 Å². The van der Waals surface area contributed by atoms with Crippen LogP contribution in [-0.2, 0) is 17.5 Å². The van der Waals surface area contributed by atoms with Crippen molar-refractivity contribution in [3.63, 3.8) is 0 Å². The van der Waals surface area contributed by atoms with Gasteiger partial charge in [-0.15, -0.1) is 0 Å². The molecule has 0 spiro atoms. The summed E-state index contributed by atoms with van der Waals surface area (Å²) >= 11 is 0. The Morgan fingerprint density at radius 3 is 2.77 bits per heavy atom. The number of nitrogens with one attached hydrogen (secondary N) is 1. The highest BCUT2D eigenvalue weighted by molar-refractivity contribution is 5.77. The number of ether oxygens (including phenoxy) is 1. The highest BCUT2D eigenvalue weighted by Gasteiger charge is 2.32. The molecule has 4 rings (SSSR count). The second kappa shape index (κ2) is 6.83.